The van der Waals surface area contributed by atoms with Gasteiger partial charge in [-0.3, -0.25) is 0 Å². The van der Waals surface area contributed by atoms with Crippen LogP contribution in [0, 0.1) is 0 Å². The topological polar surface area (TPSA) is 56.5 Å². The van der Waals surface area contributed by atoms with Crippen molar-refractivity contribution >= 4 is 11.4 Å². The maximum absolute atomic E-state index is 12.7. The quantitative estimate of drug-likeness (QED) is 0.556. The molecular formula is C12H18F2N2O2. The Morgan fingerprint density at radius 1 is 1.28 bits per heavy atom. The highest BCUT2D eigenvalue weighted by Gasteiger charge is 2.12. The fourth-order valence-electron chi connectivity index (χ4n) is 1.42. The van der Waals surface area contributed by atoms with Crippen LogP contribution in [-0.2, 0) is 9.47 Å². The molecule has 0 radical (unpaired) electrons. The zero-order valence-corrected chi connectivity index (χ0v) is 10.3. The molecule has 18 heavy (non-hydrogen) atoms. The number of benzene rings is 1. The lowest BCUT2D eigenvalue weighted by molar-refractivity contribution is 0.0759. The van der Waals surface area contributed by atoms with Crippen LogP contribution in [-0.4, -0.2) is 33.5 Å². The van der Waals surface area contributed by atoms with Gasteiger partial charge in [-0.2, -0.15) is 0 Å². The fourth-order valence-corrected chi connectivity index (χ4v) is 1.42. The zero-order chi connectivity index (χ0) is 13.4. The van der Waals surface area contributed by atoms with Crippen LogP contribution in [0.2, 0.25) is 0 Å². The SMILES string of the molecule is COCCOCCNc1ccc(N)cc1C(F)F. The molecule has 0 aliphatic heterocycles. The Labute approximate surface area is 105 Å². The first-order valence-corrected chi connectivity index (χ1v) is 5.63. The van der Waals surface area contributed by atoms with Crippen molar-refractivity contribution < 1.29 is 18.3 Å². The second kappa shape index (κ2) is 7.84. The van der Waals surface area contributed by atoms with Gasteiger partial charge in [0, 0.05) is 30.6 Å². The number of hydrogen-bond acceptors (Lipinski definition) is 4. The Bertz CT molecular complexity index is 362. The van der Waals surface area contributed by atoms with Crippen LogP contribution in [0.5, 0.6) is 0 Å². The summed E-state index contributed by atoms with van der Waals surface area (Å²) in [6.07, 6.45) is -2.55. The van der Waals surface area contributed by atoms with Crippen molar-refractivity contribution in [3.63, 3.8) is 0 Å². The standard InChI is InChI=1S/C12H18F2N2O2/c1-17-6-7-18-5-4-16-11-3-2-9(15)8-10(11)12(13)14/h2-3,8,12,16H,4-7,15H2,1H3. The lowest BCUT2D eigenvalue weighted by Gasteiger charge is -2.12. The molecule has 0 aliphatic rings. The maximum Gasteiger partial charge on any atom is 0.265 e. The van der Waals surface area contributed by atoms with Crippen molar-refractivity contribution in [1.82, 2.24) is 0 Å². The number of halogens is 2. The van der Waals surface area contributed by atoms with Gasteiger partial charge in [0.1, 0.15) is 0 Å². The summed E-state index contributed by atoms with van der Waals surface area (Å²) in [5.41, 5.74) is 6.09. The van der Waals surface area contributed by atoms with E-state index in [0.29, 0.717) is 37.7 Å². The molecular weight excluding hydrogens is 242 g/mol. The Morgan fingerprint density at radius 3 is 2.72 bits per heavy atom. The van der Waals surface area contributed by atoms with Gasteiger partial charge in [-0.15, -0.1) is 0 Å². The molecule has 0 bridgehead atoms. The first-order valence-electron chi connectivity index (χ1n) is 5.63. The summed E-state index contributed by atoms with van der Waals surface area (Å²) >= 11 is 0. The third-order valence-corrected chi connectivity index (χ3v) is 2.30. The van der Waals surface area contributed by atoms with E-state index in [0.717, 1.165) is 0 Å². The number of alkyl halides is 2. The summed E-state index contributed by atoms with van der Waals surface area (Å²) < 4.78 is 35.5. The molecule has 0 spiro atoms. The molecule has 0 aliphatic carbocycles. The molecule has 0 saturated carbocycles. The monoisotopic (exact) mass is 260 g/mol. The first-order chi connectivity index (χ1) is 8.65. The van der Waals surface area contributed by atoms with Gasteiger partial charge in [0.25, 0.3) is 6.43 Å². The van der Waals surface area contributed by atoms with Gasteiger partial charge in [-0.1, -0.05) is 0 Å². The highest BCUT2D eigenvalue weighted by atomic mass is 19.3. The lowest BCUT2D eigenvalue weighted by atomic mass is 10.1. The van der Waals surface area contributed by atoms with Crippen LogP contribution < -0.4 is 11.1 Å². The van der Waals surface area contributed by atoms with Crippen LogP contribution in [0.3, 0.4) is 0 Å². The summed E-state index contributed by atoms with van der Waals surface area (Å²) in [6, 6.07) is 4.41. The Kier molecular flexibility index (Phi) is 6.38. The molecule has 6 heteroatoms. The third-order valence-electron chi connectivity index (χ3n) is 2.30. The molecule has 0 heterocycles. The van der Waals surface area contributed by atoms with Crippen molar-refractivity contribution in [2.24, 2.45) is 0 Å². The van der Waals surface area contributed by atoms with Crippen molar-refractivity contribution in [2.45, 2.75) is 6.43 Å². The van der Waals surface area contributed by atoms with Gasteiger partial charge in [0.05, 0.1) is 19.8 Å². The van der Waals surface area contributed by atoms with E-state index in [1.165, 1.54) is 6.07 Å². The number of hydrogen-bond donors (Lipinski definition) is 2. The molecule has 0 atom stereocenters. The van der Waals surface area contributed by atoms with Crippen molar-refractivity contribution in [1.29, 1.82) is 0 Å². The molecule has 1 rings (SSSR count). The minimum atomic E-state index is -2.55. The molecule has 4 nitrogen and oxygen atoms in total. The van der Waals surface area contributed by atoms with E-state index in [2.05, 4.69) is 5.32 Å². The molecule has 1 aromatic rings. The predicted molar refractivity (Wildman–Crippen MR) is 67.0 cm³/mol. The van der Waals surface area contributed by atoms with Gasteiger partial charge in [0.15, 0.2) is 0 Å². The molecule has 0 amide bonds. The Morgan fingerprint density at radius 2 is 2.06 bits per heavy atom. The normalized spacial score (nSPS) is 10.9. The smallest absolute Gasteiger partial charge is 0.265 e. The second-order valence-electron chi connectivity index (χ2n) is 3.68. The summed E-state index contributed by atoms with van der Waals surface area (Å²) in [7, 11) is 1.59. The van der Waals surface area contributed by atoms with Crippen molar-refractivity contribution in [2.75, 3.05) is 44.5 Å². The van der Waals surface area contributed by atoms with Crippen LogP contribution in [0.15, 0.2) is 18.2 Å². The molecule has 0 aromatic heterocycles. The van der Waals surface area contributed by atoms with Crippen LogP contribution in [0.25, 0.3) is 0 Å². The first kappa shape index (κ1) is 14.7. The van der Waals surface area contributed by atoms with E-state index in [1.807, 2.05) is 0 Å². The van der Waals surface area contributed by atoms with Crippen molar-refractivity contribution in [3.05, 3.63) is 23.8 Å². The largest absolute Gasteiger partial charge is 0.399 e. The average molecular weight is 260 g/mol. The zero-order valence-electron chi connectivity index (χ0n) is 10.3. The molecule has 0 unspecified atom stereocenters. The minimum absolute atomic E-state index is 0.0908. The molecule has 3 N–H and O–H groups in total. The van der Waals surface area contributed by atoms with E-state index in [4.69, 9.17) is 15.2 Å². The highest BCUT2D eigenvalue weighted by molar-refractivity contribution is 5.58. The molecule has 0 fully saturated rings. The van der Waals surface area contributed by atoms with Gasteiger partial charge < -0.3 is 20.5 Å². The number of nitrogens with one attached hydrogen (secondary N) is 1. The summed E-state index contributed by atoms with van der Waals surface area (Å²) in [4.78, 5) is 0. The average Bonchev–Trinajstić information content (AvgIpc) is 2.35. The lowest BCUT2D eigenvalue weighted by Crippen LogP contribution is -2.13. The van der Waals surface area contributed by atoms with Gasteiger partial charge in [0.2, 0.25) is 0 Å². The highest BCUT2D eigenvalue weighted by Crippen LogP contribution is 2.28. The molecule has 0 saturated heterocycles. The summed E-state index contributed by atoms with van der Waals surface area (Å²) in [6.45, 7) is 1.88. The molecule has 102 valence electrons. The van der Waals surface area contributed by atoms with Crippen molar-refractivity contribution in [3.8, 4) is 0 Å². The van der Waals surface area contributed by atoms with Crippen LogP contribution >= 0.6 is 0 Å². The Hall–Kier alpha value is -1.40. The minimum Gasteiger partial charge on any atom is -0.399 e. The maximum atomic E-state index is 12.7. The number of nitrogen functional groups attached to an aromatic ring is 1. The predicted octanol–water partition coefficient (Wildman–Crippen LogP) is 2.28. The van der Waals surface area contributed by atoms with Crippen LogP contribution in [0.4, 0.5) is 20.2 Å². The van der Waals surface area contributed by atoms with Gasteiger partial charge in [-0.05, 0) is 18.2 Å². The number of methoxy groups -OCH3 is 1. The second-order valence-corrected chi connectivity index (χ2v) is 3.68. The van der Waals surface area contributed by atoms with E-state index in [1.54, 1.807) is 19.2 Å². The number of ether oxygens (including phenoxy) is 2. The van der Waals surface area contributed by atoms with E-state index in [-0.39, 0.29) is 5.56 Å². The number of anilines is 2. The van der Waals surface area contributed by atoms with Crippen LogP contribution in [0.1, 0.15) is 12.0 Å². The summed E-state index contributed by atoms with van der Waals surface area (Å²) in [5, 5.41) is 2.90. The number of nitrogens with two attached hydrogens (primary N) is 1. The molecule has 1 aromatic carbocycles. The van der Waals surface area contributed by atoms with Gasteiger partial charge >= 0.3 is 0 Å². The van der Waals surface area contributed by atoms with E-state index in [9.17, 15) is 8.78 Å². The van der Waals surface area contributed by atoms with E-state index >= 15 is 0 Å². The Balaban J connectivity index is 2.42. The fraction of sp³-hybridized carbons (Fsp3) is 0.500. The third kappa shape index (κ3) is 4.85. The van der Waals surface area contributed by atoms with E-state index < -0.39 is 6.43 Å². The van der Waals surface area contributed by atoms with Gasteiger partial charge in [-0.25, -0.2) is 8.78 Å². The summed E-state index contributed by atoms with van der Waals surface area (Å²) in [5.74, 6) is 0. The number of rotatable bonds is 8.